The van der Waals surface area contributed by atoms with Crippen LogP contribution in [0.4, 0.5) is 5.13 Å². The first-order valence-corrected chi connectivity index (χ1v) is 10.1. The van der Waals surface area contributed by atoms with Crippen LogP contribution in [0.3, 0.4) is 0 Å². The summed E-state index contributed by atoms with van der Waals surface area (Å²) < 4.78 is 11.4. The zero-order chi connectivity index (χ0) is 19.3. The second-order valence-corrected chi connectivity index (χ2v) is 6.92. The first kappa shape index (κ1) is 18.3. The van der Waals surface area contributed by atoms with Gasteiger partial charge in [-0.25, -0.2) is 9.98 Å². The van der Waals surface area contributed by atoms with Crippen LogP contribution < -0.4 is 9.47 Å². The minimum atomic E-state index is 0.582. The van der Waals surface area contributed by atoms with Crippen LogP contribution in [0, 0.1) is 0 Å². The monoisotopic (exact) mass is 391 g/mol. The van der Waals surface area contributed by atoms with Gasteiger partial charge in [-0.1, -0.05) is 18.2 Å². The van der Waals surface area contributed by atoms with Crippen molar-refractivity contribution in [2.75, 3.05) is 13.2 Å². The molecule has 28 heavy (non-hydrogen) atoms. The van der Waals surface area contributed by atoms with Crippen molar-refractivity contribution in [2.45, 2.75) is 13.8 Å². The third-order valence-electron chi connectivity index (χ3n) is 4.27. The molecule has 0 atom stereocenters. The fraction of sp³-hybridized carbons (Fsp3) is 0.182. The maximum Gasteiger partial charge on any atom is 0.209 e. The summed E-state index contributed by atoms with van der Waals surface area (Å²) in [5.41, 5.74) is 3.93. The van der Waals surface area contributed by atoms with Crippen LogP contribution in [-0.2, 0) is 0 Å². The molecule has 0 saturated carbocycles. The lowest BCUT2D eigenvalue weighted by Crippen LogP contribution is -1.97. The van der Waals surface area contributed by atoms with Crippen LogP contribution in [0.2, 0.25) is 0 Å². The molecule has 0 fully saturated rings. The average Bonchev–Trinajstić information content (AvgIpc) is 3.34. The molecule has 0 aliphatic rings. The lowest BCUT2D eigenvalue weighted by molar-refractivity contribution is 0.324. The Labute approximate surface area is 167 Å². The number of benzene rings is 2. The van der Waals surface area contributed by atoms with Crippen LogP contribution in [0.15, 0.2) is 59.0 Å². The molecule has 0 aliphatic carbocycles. The second kappa shape index (κ2) is 8.27. The SMILES string of the molecule is CCOc1ccc(-c2csc(/N=C\c3c[nH]c4ccccc34)n2)c(OCC)c1. The standard InChI is InChI=1S/C22H21N3O2S/c1-3-26-16-9-10-18(21(11-16)27-4-2)20-14-28-22(25-20)24-13-15-12-23-19-8-6-5-7-17(15)19/h5-14,23H,3-4H2,1-2H3/b24-13-. The molecule has 2 aromatic heterocycles. The van der Waals surface area contributed by atoms with Crippen molar-refractivity contribution >= 4 is 33.6 Å². The highest BCUT2D eigenvalue weighted by atomic mass is 32.1. The van der Waals surface area contributed by atoms with Gasteiger partial charge in [0, 0.05) is 45.9 Å². The third kappa shape index (κ3) is 3.77. The number of aromatic amines is 1. The summed E-state index contributed by atoms with van der Waals surface area (Å²) in [6, 6.07) is 14.0. The number of rotatable bonds is 7. The van der Waals surface area contributed by atoms with Gasteiger partial charge in [0.25, 0.3) is 0 Å². The maximum absolute atomic E-state index is 5.80. The van der Waals surface area contributed by atoms with Crippen LogP contribution in [0.1, 0.15) is 19.4 Å². The molecule has 4 rings (SSSR count). The molecular formula is C22H21N3O2S. The molecule has 0 aliphatic heterocycles. The molecule has 2 heterocycles. The molecule has 1 N–H and O–H groups in total. The van der Waals surface area contributed by atoms with E-state index < -0.39 is 0 Å². The fourth-order valence-electron chi connectivity index (χ4n) is 3.02. The van der Waals surface area contributed by atoms with Gasteiger partial charge in [-0.3, -0.25) is 0 Å². The third-order valence-corrected chi connectivity index (χ3v) is 5.02. The number of hydrogen-bond acceptors (Lipinski definition) is 5. The Hall–Kier alpha value is -3.12. The topological polar surface area (TPSA) is 59.5 Å². The summed E-state index contributed by atoms with van der Waals surface area (Å²) >= 11 is 1.51. The van der Waals surface area contributed by atoms with Crippen molar-refractivity contribution in [1.82, 2.24) is 9.97 Å². The van der Waals surface area contributed by atoms with Crippen molar-refractivity contribution < 1.29 is 9.47 Å². The molecule has 5 nitrogen and oxygen atoms in total. The zero-order valence-corrected chi connectivity index (χ0v) is 16.6. The van der Waals surface area contributed by atoms with Gasteiger partial charge in [-0.05, 0) is 32.0 Å². The molecule has 0 unspecified atom stereocenters. The van der Waals surface area contributed by atoms with Crippen LogP contribution in [0.25, 0.3) is 22.2 Å². The fourth-order valence-corrected chi connectivity index (χ4v) is 3.68. The zero-order valence-electron chi connectivity index (χ0n) is 15.8. The number of aliphatic imine (C=N–C) groups is 1. The van der Waals surface area contributed by atoms with E-state index in [1.165, 1.54) is 11.3 Å². The van der Waals surface area contributed by atoms with Gasteiger partial charge in [-0.2, -0.15) is 0 Å². The Bertz CT molecular complexity index is 1110. The van der Waals surface area contributed by atoms with E-state index in [0.717, 1.165) is 39.2 Å². The van der Waals surface area contributed by atoms with E-state index >= 15 is 0 Å². The van der Waals surface area contributed by atoms with Crippen molar-refractivity contribution in [3.05, 3.63) is 59.6 Å². The van der Waals surface area contributed by atoms with Gasteiger partial charge in [0.1, 0.15) is 11.5 Å². The van der Waals surface area contributed by atoms with Crippen molar-refractivity contribution in [2.24, 2.45) is 4.99 Å². The highest BCUT2D eigenvalue weighted by Gasteiger charge is 2.12. The van der Waals surface area contributed by atoms with E-state index in [1.54, 1.807) is 0 Å². The summed E-state index contributed by atoms with van der Waals surface area (Å²) in [5, 5.41) is 3.85. The van der Waals surface area contributed by atoms with E-state index in [2.05, 4.69) is 27.1 Å². The highest BCUT2D eigenvalue weighted by Crippen LogP contribution is 2.35. The van der Waals surface area contributed by atoms with E-state index in [0.29, 0.717) is 18.3 Å². The molecule has 6 heteroatoms. The van der Waals surface area contributed by atoms with Crippen molar-refractivity contribution in [1.29, 1.82) is 0 Å². The predicted octanol–water partition coefficient (Wildman–Crippen LogP) is 5.84. The number of H-pyrrole nitrogens is 1. The number of aromatic nitrogens is 2. The molecule has 0 bridgehead atoms. The largest absolute Gasteiger partial charge is 0.494 e. The Morgan fingerprint density at radius 3 is 2.82 bits per heavy atom. The summed E-state index contributed by atoms with van der Waals surface area (Å²) in [6.07, 6.45) is 3.81. The predicted molar refractivity (Wildman–Crippen MR) is 115 cm³/mol. The smallest absolute Gasteiger partial charge is 0.209 e. The minimum Gasteiger partial charge on any atom is -0.494 e. The number of hydrogen-bond donors (Lipinski definition) is 1. The minimum absolute atomic E-state index is 0.582. The van der Waals surface area contributed by atoms with Gasteiger partial charge in [0.2, 0.25) is 5.13 Å². The van der Waals surface area contributed by atoms with Crippen molar-refractivity contribution in [3.63, 3.8) is 0 Å². The first-order chi connectivity index (χ1) is 13.8. The number of fused-ring (bicyclic) bond motifs is 1. The Balaban J connectivity index is 1.60. The van der Waals surface area contributed by atoms with Gasteiger partial charge in [0.15, 0.2) is 0 Å². The summed E-state index contributed by atoms with van der Waals surface area (Å²) in [4.78, 5) is 12.5. The van der Waals surface area contributed by atoms with E-state index in [4.69, 9.17) is 9.47 Å². The Morgan fingerprint density at radius 2 is 1.96 bits per heavy atom. The van der Waals surface area contributed by atoms with Gasteiger partial charge >= 0.3 is 0 Å². The van der Waals surface area contributed by atoms with Gasteiger partial charge in [-0.15, -0.1) is 11.3 Å². The number of ether oxygens (including phenoxy) is 2. The molecular weight excluding hydrogens is 370 g/mol. The lowest BCUT2D eigenvalue weighted by atomic mass is 10.1. The molecule has 4 aromatic rings. The molecule has 0 amide bonds. The second-order valence-electron chi connectivity index (χ2n) is 6.09. The summed E-state index contributed by atoms with van der Waals surface area (Å²) in [7, 11) is 0. The van der Waals surface area contributed by atoms with Crippen LogP contribution in [-0.4, -0.2) is 29.4 Å². The van der Waals surface area contributed by atoms with Gasteiger partial charge < -0.3 is 14.5 Å². The normalized spacial score (nSPS) is 11.4. The number of thiazole rings is 1. The van der Waals surface area contributed by atoms with Gasteiger partial charge in [0.05, 0.1) is 18.9 Å². The van der Waals surface area contributed by atoms with E-state index in [-0.39, 0.29) is 0 Å². The first-order valence-electron chi connectivity index (χ1n) is 9.24. The number of nitrogens with one attached hydrogen (secondary N) is 1. The summed E-state index contributed by atoms with van der Waals surface area (Å²) in [5.74, 6) is 1.56. The van der Waals surface area contributed by atoms with Crippen molar-refractivity contribution in [3.8, 4) is 22.8 Å². The Morgan fingerprint density at radius 1 is 1.11 bits per heavy atom. The molecule has 142 valence electrons. The maximum atomic E-state index is 5.80. The quantitative estimate of drug-likeness (QED) is 0.403. The van der Waals surface area contributed by atoms with Crippen LogP contribution >= 0.6 is 11.3 Å². The molecule has 0 radical (unpaired) electrons. The Kier molecular flexibility index (Phi) is 5.39. The lowest BCUT2D eigenvalue weighted by Gasteiger charge is -2.11. The molecule has 0 spiro atoms. The molecule has 2 aromatic carbocycles. The summed E-state index contributed by atoms with van der Waals surface area (Å²) in [6.45, 7) is 5.13. The number of para-hydroxylation sites is 1. The van der Waals surface area contributed by atoms with Crippen LogP contribution in [0.5, 0.6) is 11.5 Å². The number of nitrogens with zero attached hydrogens (tertiary/aromatic N) is 2. The highest BCUT2D eigenvalue weighted by molar-refractivity contribution is 7.13. The van der Waals surface area contributed by atoms with E-state index in [1.807, 2.05) is 62.0 Å². The molecule has 0 saturated heterocycles. The van der Waals surface area contributed by atoms with E-state index in [9.17, 15) is 0 Å². The average molecular weight is 391 g/mol.